The van der Waals surface area contributed by atoms with Gasteiger partial charge in [0, 0.05) is 18.2 Å². The van der Waals surface area contributed by atoms with Gasteiger partial charge in [-0.25, -0.2) is 4.39 Å². The van der Waals surface area contributed by atoms with Gasteiger partial charge in [0.25, 0.3) is 5.69 Å². The molecule has 0 saturated carbocycles. The first-order valence-corrected chi connectivity index (χ1v) is 5.87. The molecule has 19 heavy (non-hydrogen) atoms. The van der Waals surface area contributed by atoms with E-state index in [1.807, 2.05) is 0 Å². The van der Waals surface area contributed by atoms with Crippen molar-refractivity contribution in [2.75, 3.05) is 5.32 Å². The lowest BCUT2D eigenvalue weighted by molar-refractivity contribution is -0.385. The number of nitro groups is 1. The molecule has 0 aromatic heterocycles. The SMILES string of the molecule is O=[N+]([O-])c1ccccc1CNc1cccc(Cl)c1F. The van der Waals surface area contributed by atoms with Gasteiger partial charge in [-0.1, -0.05) is 35.9 Å². The Morgan fingerprint density at radius 3 is 2.68 bits per heavy atom. The van der Waals surface area contributed by atoms with Crippen LogP contribution in [0.3, 0.4) is 0 Å². The Morgan fingerprint density at radius 1 is 1.21 bits per heavy atom. The lowest BCUT2D eigenvalue weighted by Crippen LogP contribution is -2.04. The number of para-hydroxylation sites is 1. The second kappa shape index (κ2) is 5.67. The van der Waals surface area contributed by atoms with Crippen molar-refractivity contribution in [3.8, 4) is 0 Å². The highest BCUT2D eigenvalue weighted by Crippen LogP contribution is 2.24. The van der Waals surface area contributed by atoms with E-state index in [0.717, 1.165) is 0 Å². The molecule has 0 bridgehead atoms. The molecular formula is C13H10ClFN2O2. The van der Waals surface area contributed by atoms with Crippen molar-refractivity contribution in [3.63, 3.8) is 0 Å². The Labute approximate surface area is 114 Å². The lowest BCUT2D eigenvalue weighted by Gasteiger charge is -2.08. The highest BCUT2D eigenvalue weighted by Gasteiger charge is 2.13. The van der Waals surface area contributed by atoms with Crippen LogP contribution in [0.1, 0.15) is 5.56 Å². The first-order valence-electron chi connectivity index (χ1n) is 5.50. The maximum absolute atomic E-state index is 13.6. The van der Waals surface area contributed by atoms with Crippen LogP contribution >= 0.6 is 11.6 Å². The third-order valence-corrected chi connectivity index (χ3v) is 2.90. The summed E-state index contributed by atoms with van der Waals surface area (Å²) in [6.45, 7) is 0.147. The van der Waals surface area contributed by atoms with E-state index in [-0.39, 0.29) is 22.9 Å². The van der Waals surface area contributed by atoms with Crippen molar-refractivity contribution < 1.29 is 9.31 Å². The molecule has 0 amide bonds. The molecule has 1 N–H and O–H groups in total. The van der Waals surface area contributed by atoms with Crippen molar-refractivity contribution in [3.05, 3.63) is 69.0 Å². The second-order valence-corrected chi connectivity index (χ2v) is 4.25. The number of hydrogen-bond donors (Lipinski definition) is 1. The molecule has 0 atom stereocenters. The van der Waals surface area contributed by atoms with Crippen molar-refractivity contribution in [2.45, 2.75) is 6.54 Å². The fourth-order valence-electron chi connectivity index (χ4n) is 1.67. The Kier molecular flexibility index (Phi) is 3.97. The number of hydrogen-bond acceptors (Lipinski definition) is 3. The number of nitrogens with zero attached hydrogens (tertiary/aromatic N) is 1. The number of benzene rings is 2. The zero-order valence-electron chi connectivity index (χ0n) is 9.77. The molecule has 2 aromatic carbocycles. The maximum atomic E-state index is 13.6. The Bertz CT molecular complexity index is 619. The van der Waals surface area contributed by atoms with E-state index in [0.29, 0.717) is 5.56 Å². The van der Waals surface area contributed by atoms with Gasteiger partial charge in [-0.05, 0) is 12.1 Å². The molecule has 6 heteroatoms. The number of nitrogens with one attached hydrogen (secondary N) is 1. The number of rotatable bonds is 4. The summed E-state index contributed by atoms with van der Waals surface area (Å²) in [6, 6.07) is 10.9. The van der Waals surface area contributed by atoms with Crippen molar-refractivity contribution >= 4 is 23.0 Å². The van der Waals surface area contributed by atoms with Crippen molar-refractivity contribution in [2.24, 2.45) is 0 Å². The molecule has 0 heterocycles. The zero-order chi connectivity index (χ0) is 13.8. The monoisotopic (exact) mass is 280 g/mol. The summed E-state index contributed by atoms with van der Waals surface area (Å²) in [5, 5.41) is 13.6. The lowest BCUT2D eigenvalue weighted by atomic mass is 10.1. The largest absolute Gasteiger partial charge is 0.378 e. The number of halogens is 2. The van der Waals surface area contributed by atoms with Gasteiger partial charge in [-0.3, -0.25) is 10.1 Å². The highest BCUT2D eigenvalue weighted by atomic mass is 35.5. The first kappa shape index (κ1) is 13.3. The van der Waals surface area contributed by atoms with Gasteiger partial charge in [0.1, 0.15) is 0 Å². The third kappa shape index (κ3) is 3.00. The maximum Gasteiger partial charge on any atom is 0.274 e. The Balaban J connectivity index is 2.19. The summed E-state index contributed by atoms with van der Waals surface area (Å²) in [7, 11) is 0. The van der Waals surface area contributed by atoms with Crippen LogP contribution in [0.4, 0.5) is 15.8 Å². The van der Waals surface area contributed by atoms with Crippen LogP contribution in [0.5, 0.6) is 0 Å². The minimum Gasteiger partial charge on any atom is -0.378 e. The van der Waals surface area contributed by atoms with Crippen molar-refractivity contribution in [1.29, 1.82) is 0 Å². The Hall–Kier alpha value is -2.14. The average Bonchev–Trinajstić information content (AvgIpc) is 2.40. The predicted molar refractivity (Wildman–Crippen MR) is 71.8 cm³/mol. The van der Waals surface area contributed by atoms with Gasteiger partial charge in [-0.2, -0.15) is 0 Å². The van der Waals surface area contributed by atoms with Crippen LogP contribution < -0.4 is 5.32 Å². The smallest absolute Gasteiger partial charge is 0.274 e. The minimum atomic E-state index is -0.567. The molecule has 4 nitrogen and oxygen atoms in total. The van der Waals surface area contributed by atoms with Gasteiger partial charge in [0.2, 0.25) is 0 Å². The summed E-state index contributed by atoms with van der Waals surface area (Å²) >= 11 is 5.65. The summed E-state index contributed by atoms with van der Waals surface area (Å²) in [5.41, 5.74) is 0.690. The quantitative estimate of drug-likeness (QED) is 0.680. The standard InChI is InChI=1S/C13H10ClFN2O2/c14-10-5-3-6-11(13(10)15)16-8-9-4-1-2-7-12(9)17(18)19/h1-7,16H,8H2. The Morgan fingerprint density at radius 2 is 1.95 bits per heavy atom. The molecule has 0 radical (unpaired) electrons. The topological polar surface area (TPSA) is 55.2 Å². The van der Waals surface area contributed by atoms with E-state index in [4.69, 9.17) is 11.6 Å². The normalized spacial score (nSPS) is 10.2. The first-order chi connectivity index (χ1) is 9.09. The molecule has 0 spiro atoms. The van der Waals surface area contributed by atoms with E-state index >= 15 is 0 Å². The molecule has 98 valence electrons. The van der Waals surface area contributed by atoms with Crippen LogP contribution in [0.15, 0.2) is 42.5 Å². The summed E-state index contributed by atoms with van der Waals surface area (Å²) in [6.07, 6.45) is 0. The molecule has 0 aliphatic carbocycles. The summed E-state index contributed by atoms with van der Waals surface area (Å²) < 4.78 is 13.6. The van der Waals surface area contributed by atoms with E-state index in [9.17, 15) is 14.5 Å². The second-order valence-electron chi connectivity index (χ2n) is 3.84. The van der Waals surface area contributed by atoms with Gasteiger partial charge < -0.3 is 5.32 Å². The van der Waals surface area contributed by atoms with E-state index in [1.54, 1.807) is 24.3 Å². The molecule has 0 fully saturated rings. The van der Waals surface area contributed by atoms with Gasteiger partial charge in [0.15, 0.2) is 5.82 Å². The van der Waals surface area contributed by atoms with Crippen LogP contribution in [0.2, 0.25) is 5.02 Å². The molecule has 0 aliphatic rings. The molecule has 2 rings (SSSR count). The number of nitro benzene ring substituents is 1. The van der Waals surface area contributed by atoms with E-state index in [1.165, 1.54) is 18.2 Å². The zero-order valence-corrected chi connectivity index (χ0v) is 10.5. The summed E-state index contributed by atoms with van der Waals surface area (Å²) in [4.78, 5) is 10.4. The number of anilines is 1. The molecule has 0 aliphatic heterocycles. The van der Waals surface area contributed by atoms with Gasteiger partial charge in [-0.15, -0.1) is 0 Å². The predicted octanol–water partition coefficient (Wildman–Crippen LogP) is 4.00. The molecule has 2 aromatic rings. The summed E-state index contributed by atoms with van der Waals surface area (Å²) in [5.74, 6) is -0.567. The molecular weight excluding hydrogens is 271 g/mol. The fraction of sp³-hybridized carbons (Fsp3) is 0.0769. The van der Waals surface area contributed by atoms with E-state index < -0.39 is 10.7 Å². The highest BCUT2D eigenvalue weighted by molar-refractivity contribution is 6.31. The van der Waals surface area contributed by atoms with Crippen LogP contribution in [0, 0.1) is 15.9 Å². The van der Waals surface area contributed by atoms with Gasteiger partial charge in [0.05, 0.1) is 15.6 Å². The molecule has 0 saturated heterocycles. The van der Waals surface area contributed by atoms with Gasteiger partial charge >= 0.3 is 0 Å². The van der Waals surface area contributed by atoms with Crippen LogP contribution in [-0.4, -0.2) is 4.92 Å². The minimum absolute atomic E-state index is 0.00237. The third-order valence-electron chi connectivity index (χ3n) is 2.61. The van der Waals surface area contributed by atoms with Crippen LogP contribution in [0.25, 0.3) is 0 Å². The van der Waals surface area contributed by atoms with Crippen molar-refractivity contribution in [1.82, 2.24) is 0 Å². The van der Waals surface area contributed by atoms with E-state index in [2.05, 4.69) is 5.32 Å². The average molecular weight is 281 g/mol. The fourth-order valence-corrected chi connectivity index (χ4v) is 1.84. The van der Waals surface area contributed by atoms with Crippen LogP contribution in [-0.2, 0) is 6.54 Å². The molecule has 0 unspecified atom stereocenters.